The number of morpholine rings is 1. The van der Waals surface area contributed by atoms with Crippen molar-refractivity contribution < 1.29 is 13.9 Å². The van der Waals surface area contributed by atoms with Gasteiger partial charge in [0, 0.05) is 19.6 Å². The van der Waals surface area contributed by atoms with Gasteiger partial charge in [-0.3, -0.25) is 9.69 Å². The Balaban J connectivity index is 1.77. The standard InChI is InChI=1S/C13H18N2O3/c1-2-14-8-10-12(9-14)18-7-5-15(10)13(16)11-4-3-6-17-11/h3-4,6,10,12H,2,5,7-9H2,1H3/t10-,12+/m1/s1. The van der Waals surface area contributed by atoms with Gasteiger partial charge in [-0.2, -0.15) is 0 Å². The molecule has 0 spiro atoms. The molecule has 0 aromatic carbocycles. The van der Waals surface area contributed by atoms with Crippen LogP contribution in [0.5, 0.6) is 0 Å². The molecule has 2 saturated heterocycles. The highest BCUT2D eigenvalue weighted by Crippen LogP contribution is 2.24. The van der Waals surface area contributed by atoms with Gasteiger partial charge in [0.05, 0.1) is 25.0 Å². The second-order valence-corrected chi connectivity index (χ2v) is 4.80. The minimum absolute atomic E-state index is 0.0174. The fourth-order valence-corrected chi connectivity index (χ4v) is 2.82. The Hall–Kier alpha value is -1.33. The van der Waals surface area contributed by atoms with Gasteiger partial charge in [-0.05, 0) is 18.7 Å². The highest BCUT2D eigenvalue weighted by atomic mass is 16.5. The molecule has 2 aliphatic heterocycles. The molecular formula is C13H18N2O3. The molecule has 1 aromatic rings. The second-order valence-electron chi connectivity index (χ2n) is 4.80. The number of hydrogen-bond donors (Lipinski definition) is 0. The molecule has 3 heterocycles. The molecule has 0 aliphatic carbocycles. The van der Waals surface area contributed by atoms with Crippen LogP contribution in [0.15, 0.2) is 22.8 Å². The first-order chi connectivity index (χ1) is 8.79. The quantitative estimate of drug-likeness (QED) is 0.780. The average molecular weight is 250 g/mol. The van der Waals surface area contributed by atoms with E-state index < -0.39 is 0 Å². The smallest absolute Gasteiger partial charge is 0.290 e. The maximum Gasteiger partial charge on any atom is 0.290 e. The van der Waals surface area contributed by atoms with Crippen molar-refractivity contribution in [1.29, 1.82) is 0 Å². The van der Waals surface area contributed by atoms with Gasteiger partial charge in [0.2, 0.25) is 0 Å². The number of furan rings is 1. The van der Waals surface area contributed by atoms with Crippen LogP contribution in [0.3, 0.4) is 0 Å². The van der Waals surface area contributed by atoms with Crippen LogP contribution < -0.4 is 0 Å². The van der Waals surface area contributed by atoms with Crippen LogP contribution >= 0.6 is 0 Å². The number of hydrogen-bond acceptors (Lipinski definition) is 4. The number of fused-ring (bicyclic) bond motifs is 1. The van der Waals surface area contributed by atoms with Crippen molar-refractivity contribution >= 4 is 5.91 Å². The Morgan fingerprint density at radius 1 is 1.50 bits per heavy atom. The Morgan fingerprint density at radius 2 is 2.39 bits per heavy atom. The fourth-order valence-electron chi connectivity index (χ4n) is 2.82. The molecule has 5 nitrogen and oxygen atoms in total. The minimum Gasteiger partial charge on any atom is -0.459 e. The molecular weight excluding hydrogens is 232 g/mol. The second kappa shape index (κ2) is 4.74. The van der Waals surface area contributed by atoms with Crippen LogP contribution in [-0.2, 0) is 4.74 Å². The lowest BCUT2D eigenvalue weighted by molar-refractivity contribution is -0.0379. The van der Waals surface area contributed by atoms with E-state index in [0.717, 1.165) is 19.6 Å². The molecule has 1 aromatic heterocycles. The average Bonchev–Trinajstić information content (AvgIpc) is 3.05. The summed E-state index contributed by atoms with van der Waals surface area (Å²) in [5, 5.41) is 0. The summed E-state index contributed by atoms with van der Waals surface area (Å²) in [5.74, 6) is 0.404. The normalized spacial score (nSPS) is 28.4. The molecule has 5 heteroatoms. The Kier molecular flexibility index (Phi) is 3.09. The van der Waals surface area contributed by atoms with Gasteiger partial charge in [0.1, 0.15) is 0 Å². The first-order valence-electron chi connectivity index (χ1n) is 6.48. The third-order valence-electron chi connectivity index (χ3n) is 3.82. The lowest BCUT2D eigenvalue weighted by atomic mass is 10.1. The van der Waals surface area contributed by atoms with E-state index in [0.29, 0.717) is 18.9 Å². The Bertz CT molecular complexity index is 418. The fraction of sp³-hybridized carbons (Fsp3) is 0.615. The summed E-state index contributed by atoms with van der Waals surface area (Å²) >= 11 is 0. The molecule has 0 bridgehead atoms. The zero-order valence-corrected chi connectivity index (χ0v) is 10.5. The minimum atomic E-state index is -0.0174. The summed E-state index contributed by atoms with van der Waals surface area (Å²) in [7, 11) is 0. The number of likely N-dealkylation sites (tertiary alicyclic amines) is 1. The van der Waals surface area contributed by atoms with Crippen molar-refractivity contribution in [2.24, 2.45) is 0 Å². The van der Waals surface area contributed by atoms with Crippen LogP contribution in [-0.4, -0.2) is 60.6 Å². The molecule has 2 aliphatic rings. The summed E-state index contributed by atoms with van der Waals surface area (Å²) in [6.07, 6.45) is 1.69. The number of rotatable bonds is 2. The predicted molar refractivity (Wildman–Crippen MR) is 65.4 cm³/mol. The molecule has 2 fully saturated rings. The van der Waals surface area contributed by atoms with Gasteiger partial charge in [-0.25, -0.2) is 0 Å². The molecule has 1 amide bonds. The summed E-state index contributed by atoms with van der Waals surface area (Å²) in [4.78, 5) is 16.6. The van der Waals surface area contributed by atoms with E-state index in [2.05, 4.69) is 11.8 Å². The number of nitrogens with zero attached hydrogens (tertiary/aromatic N) is 2. The topological polar surface area (TPSA) is 45.9 Å². The van der Waals surface area contributed by atoms with E-state index in [9.17, 15) is 4.79 Å². The van der Waals surface area contributed by atoms with Crippen molar-refractivity contribution in [1.82, 2.24) is 9.80 Å². The first-order valence-corrected chi connectivity index (χ1v) is 6.48. The van der Waals surface area contributed by atoms with E-state index in [4.69, 9.17) is 9.15 Å². The van der Waals surface area contributed by atoms with Crippen molar-refractivity contribution in [3.63, 3.8) is 0 Å². The molecule has 98 valence electrons. The number of likely N-dealkylation sites (N-methyl/N-ethyl adjacent to an activating group) is 1. The predicted octanol–water partition coefficient (Wildman–Crippen LogP) is 0.825. The SMILES string of the molecule is CCN1C[C@@H]2OCCN(C(=O)c3ccco3)[C@@H]2C1. The molecule has 18 heavy (non-hydrogen) atoms. The van der Waals surface area contributed by atoms with E-state index in [1.54, 1.807) is 12.1 Å². The van der Waals surface area contributed by atoms with Gasteiger partial charge in [-0.1, -0.05) is 6.92 Å². The van der Waals surface area contributed by atoms with Crippen molar-refractivity contribution in [3.05, 3.63) is 24.2 Å². The maximum atomic E-state index is 12.4. The van der Waals surface area contributed by atoms with Gasteiger partial charge >= 0.3 is 0 Å². The number of ether oxygens (including phenoxy) is 1. The summed E-state index contributed by atoms with van der Waals surface area (Å²) in [6.45, 7) is 6.22. The van der Waals surface area contributed by atoms with Gasteiger partial charge in [0.25, 0.3) is 5.91 Å². The molecule has 2 atom stereocenters. The summed E-state index contributed by atoms with van der Waals surface area (Å²) in [5.41, 5.74) is 0. The van der Waals surface area contributed by atoms with E-state index in [1.165, 1.54) is 6.26 Å². The number of amides is 1. The molecule has 3 rings (SSSR count). The summed E-state index contributed by atoms with van der Waals surface area (Å²) < 4.78 is 11.0. The third-order valence-corrected chi connectivity index (χ3v) is 3.82. The zero-order chi connectivity index (χ0) is 12.5. The molecule has 0 saturated carbocycles. The maximum absolute atomic E-state index is 12.4. The van der Waals surface area contributed by atoms with E-state index in [1.807, 2.05) is 4.90 Å². The first kappa shape index (κ1) is 11.7. The van der Waals surface area contributed by atoms with Gasteiger partial charge < -0.3 is 14.1 Å². The van der Waals surface area contributed by atoms with Crippen LogP contribution in [0, 0.1) is 0 Å². The lowest BCUT2D eigenvalue weighted by Gasteiger charge is -2.36. The molecule has 0 radical (unpaired) electrons. The van der Waals surface area contributed by atoms with Crippen molar-refractivity contribution in [2.45, 2.75) is 19.1 Å². The molecule has 0 unspecified atom stereocenters. The number of carbonyl (C=O) groups is 1. The lowest BCUT2D eigenvalue weighted by Crippen LogP contribution is -2.53. The monoisotopic (exact) mass is 250 g/mol. The third kappa shape index (κ3) is 1.93. The van der Waals surface area contributed by atoms with Gasteiger partial charge in [0.15, 0.2) is 5.76 Å². The highest BCUT2D eigenvalue weighted by molar-refractivity contribution is 5.91. The summed E-state index contributed by atoms with van der Waals surface area (Å²) in [6, 6.07) is 3.63. The Labute approximate surface area is 106 Å². The Morgan fingerprint density at radius 3 is 3.11 bits per heavy atom. The van der Waals surface area contributed by atoms with E-state index in [-0.39, 0.29) is 18.1 Å². The zero-order valence-electron chi connectivity index (χ0n) is 10.5. The van der Waals surface area contributed by atoms with Crippen LogP contribution in [0.25, 0.3) is 0 Å². The van der Waals surface area contributed by atoms with Crippen LogP contribution in [0.4, 0.5) is 0 Å². The van der Waals surface area contributed by atoms with E-state index >= 15 is 0 Å². The largest absolute Gasteiger partial charge is 0.459 e. The van der Waals surface area contributed by atoms with Crippen molar-refractivity contribution in [3.8, 4) is 0 Å². The molecule has 0 N–H and O–H groups in total. The van der Waals surface area contributed by atoms with Crippen LogP contribution in [0.1, 0.15) is 17.5 Å². The van der Waals surface area contributed by atoms with Crippen molar-refractivity contribution in [2.75, 3.05) is 32.8 Å². The number of carbonyl (C=O) groups excluding carboxylic acids is 1. The van der Waals surface area contributed by atoms with Gasteiger partial charge in [-0.15, -0.1) is 0 Å². The van der Waals surface area contributed by atoms with Crippen LogP contribution in [0.2, 0.25) is 0 Å². The highest BCUT2D eigenvalue weighted by Gasteiger charge is 2.42.